The number of ether oxygens (including phenoxy) is 1. The number of alkyl halides is 3. The Morgan fingerprint density at radius 1 is 1.14 bits per heavy atom. The van der Waals surface area contributed by atoms with E-state index in [0.717, 1.165) is 24.6 Å². The Morgan fingerprint density at radius 2 is 1.77 bits per heavy atom. The lowest BCUT2D eigenvalue weighted by molar-refractivity contribution is -0.139. The van der Waals surface area contributed by atoms with E-state index in [9.17, 15) is 23.1 Å². The van der Waals surface area contributed by atoms with E-state index in [0.29, 0.717) is 0 Å². The van der Waals surface area contributed by atoms with Crippen LogP contribution in [0.15, 0.2) is 42.5 Å². The number of hydrogen-bond acceptors (Lipinski definition) is 3. The molecule has 6 heteroatoms. The number of phenolic OH excluding ortho intramolecular Hbond substituents is 1. The molecule has 3 nitrogen and oxygen atoms in total. The SMILES string of the molecule is CC(=O)c1ccc(OCc2ccccc2)c(O)c1C(F)(F)F. The standard InChI is InChI=1S/C16H13F3O3/c1-10(20)12-7-8-13(15(21)14(12)16(17,18)19)22-9-11-5-3-2-4-6-11/h2-8,21H,9H2,1H3. The van der Waals surface area contributed by atoms with Gasteiger partial charge >= 0.3 is 6.18 Å². The van der Waals surface area contributed by atoms with Crippen LogP contribution in [0.1, 0.15) is 28.4 Å². The second-order valence-electron chi connectivity index (χ2n) is 4.66. The van der Waals surface area contributed by atoms with E-state index >= 15 is 0 Å². The van der Waals surface area contributed by atoms with Crippen LogP contribution in [0.2, 0.25) is 0 Å². The molecule has 0 aliphatic rings. The van der Waals surface area contributed by atoms with E-state index in [2.05, 4.69) is 0 Å². The molecule has 22 heavy (non-hydrogen) atoms. The molecule has 2 aromatic rings. The van der Waals surface area contributed by atoms with Gasteiger partial charge in [-0.3, -0.25) is 4.79 Å². The van der Waals surface area contributed by atoms with Crippen molar-refractivity contribution in [2.24, 2.45) is 0 Å². The molecule has 2 rings (SSSR count). The van der Waals surface area contributed by atoms with Gasteiger partial charge in [-0.15, -0.1) is 0 Å². The van der Waals surface area contributed by atoms with Crippen LogP contribution in [0.25, 0.3) is 0 Å². The lowest BCUT2D eigenvalue weighted by Gasteiger charge is -2.16. The Bertz CT molecular complexity index is 679. The Kier molecular flexibility index (Phi) is 4.40. The highest BCUT2D eigenvalue weighted by Gasteiger charge is 2.39. The minimum Gasteiger partial charge on any atom is -0.504 e. The second-order valence-corrected chi connectivity index (χ2v) is 4.66. The van der Waals surface area contributed by atoms with E-state index < -0.39 is 28.8 Å². The first-order chi connectivity index (χ1) is 10.3. The highest BCUT2D eigenvalue weighted by molar-refractivity contribution is 5.96. The predicted molar refractivity (Wildman–Crippen MR) is 73.9 cm³/mol. The molecule has 0 aromatic heterocycles. The quantitative estimate of drug-likeness (QED) is 0.861. The predicted octanol–water partition coefficient (Wildman–Crippen LogP) is 4.19. The third-order valence-corrected chi connectivity index (χ3v) is 3.04. The zero-order valence-electron chi connectivity index (χ0n) is 11.6. The molecular weight excluding hydrogens is 297 g/mol. The van der Waals surface area contributed by atoms with Crippen molar-refractivity contribution in [2.75, 3.05) is 0 Å². The normalized spacial score (nSPS) is 11.3. The smallest absolute Gasteiger partial charge is 0.420 e. The Hall–Kier alpha value is -2.50. The minimum atomic E-state index is -4.85. The molecule has 0 aliphatic carbocycles. The second kappa shape index (κ2) is 6.09. The monoisotopic (exact) mass is 310 g/mol. The molecule has 0 radical (unpaired) electrons. The van der Waals surface area contributed by atoms with Gasteiger partial charge in [-0.2, -0.15) is 13.2 Å². The van der Waals surface area contributed by atoms with Crippen molar-refractivity contribution in [1.29, 1.82) is 0 Å². The van der Waals surface area contributed by atoms with Gasteiger partial charge in [-0.25, -0.2) is 0 Å². The highest BCUT2D eigenvalue weighted by atomic mass is 19.4. The van der Waals surface area contributed by atoms with Crippen molar-refractivity contribution >= 4 is 5.78 Å². The molecule has 116 valence electrons. The topological polar surface area (TPSA) is 46.5 Å². The lowest BCUT2D eigenvalue weighted by Crippen LogP contribution is -2.13. The summed E-state index contributed by atoms with van der Waals surface area (Å²) in [5.74, 6) is -2.17. The largest absolute Gasteiger partial charge is 0.504 e. The van der Waals surface area contributed by atoms with Gasteiger partial charge in [0.1, 0.15) is 12.2 Å². The van der Waals surface area contributed by atoms with E-state index in [1.54, 1.807) is 30.3 Å². The Balaban J connectivity index is 2.36. The molecule has 0 saturated heterocycles. The molecule has 0 atom stereocenters. The van der Waals surface area contributed by atoms with Gasteiger partial charge in [-0.1, -0.05) is 30.3 Å². The molecule has 0 spiro atoms. The van der Waals surface area contributed by atoms with Crippen LogP contribution in [-0.2, 0) is 12.8 Å². The van der Waals surface area contributed by atoms with Crippen molar-refractivity contribution < 1.29 is 27.8 Å². The number of rotatable bonds is 4. The summed E-state index contributed by atoms with van der Waals surface area (Å²) in [6, 6.07) is 11.0. The van der Waals surface area contributed by atoms with Crippen molar-refractivity contribution in [1.82, 2.24) is 0 Å². The van der Waals surface area contributed by atoms with Crippen LogP contribution in [0.5, 0.6) is 11.5 Å². The average Bonchev–Trinajstić information content (AvgIpc) is 2.45. The third kappa shape index (κ3) is 3.39. The van der Waals surface area contributed by atoms with Crippen LogP contribution in [-0.4, -0.2) is 10.9 Å². The van der Waals surface area contributed by atoms with Crippen molar-refractivity contribution in [3.8, 4) is 11.5 Å². The summed E-state index contributed by atoms with van der Waals surface area (Å²) in [5, 5.41) is 9.83. The fraction of sp³-hybridized carbons (Fsp3) is 0.188. The van der Waals surface area contributed by atoms with Gasteiger partial charge in [0.15, 0.2) is 17.3 Å². The molecule has 0 bridgehead atoms. The molecule has 0 unspecified atom stereocenters. The van der Waals surface area contributed by atoms with Crippen molar-refractivity contribution in [3.05, 3.63) is 59.2 Å². The summed E-state index contributed by atoms with van der Waals surface area (Å²) in [4.78, 5) is 11.3. The summed E-state index contributed by atoms with van der Waals surface area (Å²) >= 11 is 0. The van der Waals surface area contributed by atoms with Crippen LogP contribution in [0.3, 0.4) is 0 Å². The van der Waals surface area contributed by atoms with Crippen LogP contribution >= 0.6 is 0 Å². The number of carbonyl (C=O) groups excluding carboxylic acids is 1. The fourth-order valence-corrected chi connectivity index (χ4v) is 2.00. The first kappa shape index (κ1) is 15.9. The number of aromatic hydroxyl groups is 1. The van der Waals surface area contributed by atoms with Gasteiger partial charge in [0.2, 0.25) is 0 Å². The molecule has 0 aliphatic heterocycles. The fourth-order valence-electron chi connectivity index (χ4n) is 2.00. The zero-order chi connectivity index (χ0) is 16.3. The summed E-state index contributed by atoms with van der Waals surface area (Å²) in [6.07, 6.45) is -4.85. The van der Waals surface area contributed by atoms with Gasteiger partial charge in [0, 0.05) is 5.56 Å². The molecule has 0 saturated carbocycles. The van der Waals surface area contributed by atoms with Crippen LogP contribution in [0.4, 0.5) is 13.2 Å². The van der Waals surface area contributed by atoms with E-state index in [1.807, 2.05) is 0 Å². The molecule has 1 N–H and O–H groups in total. The van der Waals surface area contributed by atoms with Crippen molar-refractivity contribution in [2.45, 2.75) is 19.7 Å². The first-order valence-electron chi connectivity index (χ1n) is 6.41. The van der Waals surface area contributed by atoms with Gasteiger partial charge in [-0.05, 0) is 24.6 Å². The molecule has 0 heterocycles. The summed E-state index contributed by atoms with van der Waals surface area (Å²) in [5.41, 5.74) is -1.21. The summed E-state index contributed by atoms with van der Waals surface area (Å²) < 4.78 is 44.4. The number of phenols is 1. The molecule has 2 aromatic carbocycles. The van der Waals surface area contributed by atoms with Crippen LogP contribution in [0, 0.1) is 0 Å². The molecular formula is C16H13F3O3. The number of halogens is 3. The van der Waals surface area contributed by atoms with Crippen molar-refractivity contribution in [3.63, 3.8) is 0 Å². The Morgan fingerprint density at radius 3 is 2.32 bits per heavy atom. The maximum Gasteiger partial charge on any atom is 0.420 e. The third-order valence-electron chi connectivity index (χ3n) is 3.04. The zero-order valence-corrected chi connectivity index (χ0v) is 11.6. The maximum absolute atomic E-state index is 13.0. The first-order valence-corrected chi connectivity index (χ1v) is 6.41. The molecule has 0 fully saturated rings. The maximum atomic E-state index is 13.0. The number of hydrogen-bond donors (Lipinski definition) is 1. The van der Waals surface area contributed by atoms with Crippen LogP contribution < -0.4 is 4.74 Å². The molecule has 0 amide bonds. The minimum absolute atomic E-state index is 0.00507. The summed E-state index contributed by atoms with van der Waals surface area (Å²) in [6.45, 7) is 1.01. The number of Topliss-reactive ketones (excluding diaryl/α,β-unsaturated/α-hetero) is 1. The average molecular weight is 310 g/mol. The number of ketones is 1. The van der Waals surface area contributed by atoms with E-state index in [-0.39, 0.29) is 12.4 Å². The lowest BCUT2D eigenvalue weighted by atomic mass is 10.0. The summed E-state index contributed by atoms with van der Waals surface area (Å²) in [7, 11) is 0. The van der Waals surface area contributed by atoms with Gasteiger partial charge < -0.3 is 9.84 Å². The Labute approximate surface area is 125 Å². The van der Waals surface area contributed by atoms with Gasteiger partial charge in [0.25, 0.3) is 0 Å². The van der Waals surface area contributed by atoms with E-state index in [1.165, 1.54) is 0 Å². The highest BCUT2D eigenvalue weighted by Crippen LogP contribution is 2.43. The van der Waals surface area contributed by atoms with E-state index in [4.69, 9.17) is 4.74 Å². The number of benzene rings is 2. The number of carbonyl (C=O) groups is 1. The van der Waals surface area contributed by atoms with Gasteiger partial charge in [0.05, 0.1) is 0 Å².